The number of likely N-dealkylation sites (tertiary alicyclic amines) is 1. The Labute approximate surface area is 170 Å². The molecule has 1 aliphatic carbocycles. The minimum absolute atomic E-state index is 0.0170. The zero-order valence-electron chi connectivity index (χ0n) is 16.8. The van der Waals surface area contributed by atoms with Gasteiger partial charge in [0.25, 0.3) is 5.56 Å². The third-order valence-electron chi connectivity index (χ3n) is 6.43. The number of hydrogen-bond acceptors (Lipinski definition) is 7. The molecule has 2 saturated heterocycles. The number of aromatic nitrogens is 4. The molecule has 3 aliphatic rings. The summed E-state index contributed by atoms with van der Waals surface area (Å²) >= 11 is 0. The van der Waals surface area contributed by atoms with Gasteiger partial charge in [0.15, 0.2) is 0 Å². The number of rotatable bonds is 6. The van der Waals surface area contributed by atoms with Gasteiger partial charge in [-0.2, -0.15) is 5.10 Å². The molecule has 0 unspecified atom stereocenters. The van der Waals surface area contributed by atoms with Crippen LogP contribution in [0, 0.1) is 5.92 Å². The summed E-state index contributed by atoms with van der Waals surface area (Å²) in [6.07, 6.45) is 6.45. The lowest BCUT2D eigenvalue weighted by Crippen LogP contribution is -2.36. The molecular weight excluding hydrogens is 370 g/mol. The highest BCUT2D eigenvalue weighted by Crippen LogP contribution is 2.38. The van der Waals surface area contributed by atoms with Crippen molar-refractivity contribution < 1.29 is 9.15 Å². The van der Waals surface area contributed by atoms with Gasteiger partial charge in [-0.05, 0) is 63.6 Å². The first-order chi connectivity index (χ1) is 14.2. The molecule has 0 spiro atoms. The summed E-state index contributed by atoms with van der Waals surface area (Å²) in [5.41, 5.74) is 1.10. The van der Waals surface area contributed by atoms with Gasteiger partial charge in [0.1, 0.15) is 0 Å². The van der Waals surface area contributed by atoms with Crippen molar-refractivity contribution in [2.24, 2.45) is 5.92 Å². The minimum Gasteiger partial charge on any atom is -0.424 e. The van der Waals surface area contributed by atoms with Gasteiger partial charge in [0.05, 0.1) is 12.2 Å². The summed E-state index contributed by atoms with van der Waals surface area (Å²) in [5.74, 6) is 2.88. The first-order valence-corrected chi connectivity index (χ1v) is 10.9. The molecule has 2 aromatic rings. The Hall–Kier alpha value is -2.06. The largest absolute Gasteiger partial charge is 0.424 e. The van der Waals surface area contributed by atoms with Crippen LogP contribution >= 0.6 is 0 Å². The highest BCUT2D eigenvalue weighted by atomic mass is 16.5. The first kappa shape index (κ1) is 18.9. The third-order valence-corrected chi connectivity index (χ3v) is 6.43. The molecule has 0 amide bonds. The molecule has 0 N–H and O–H groups in total. The van der Waals surface area contributed by atoms with E-state index in [0.29, 0.717) is 30.2 Å². The molecule has 8 heteroatoms. The van der Waals surface area contributed by atoms with Crippen LogP contribution in [0.2, 0.25) is 0 Å². The van der Waals surface area contributed by atoms with E-state index >= 15 is 0 Å². The van der Waals surface area contributed by atoms with E-state index in [9.17, 15) is 4.79 Å². The third kappa shape index (κ3) is 4.59. The van der Waals surface area contributed by atoms with Gasteiger partial charge in [-0.25, -0.2) is 4.68 Å². The molecule has 0 radical (unpaired) electrons. The predicted molar refractivity (Wildman–Crippen MR) is 106 cm³/mol. The van der Waals surface area contributed by atoms with Crippen LogP contribution in [0.5, 0.6) is 0 Å². The SMILES string of the molecule is O=c1ccc(C2CC2)nn1CC1CCN(Cc2nnc(C3CCOCC3)o2)CC1. The molecule has 8 nitrogen and oxygen atoms in total. The highest BCUT2D eigenvalue weighted by molar-refractivity contribution is 5.12. The second-order valence-corrected chi connectivity index (χ2v) is 8.69. The molecule has 156 valence electrons. The van der Waals surface area contributed by atoms with Gasteiger partial charge in [-0.15, -0.1) is 10.2 Å². The maximum Gasteiger partial charge on any atom is 0.266 e. The Morgan fingerprint density at radius 1 is 0.966 bits per heavy atom. The predicted octanol–water partition coefficient (Wildman–Crippen LogP) is 2.31. The molecule has 1 saturated carbocycles. The van der Waals surface area contributed by atoms with Gasteiger partial charge < -0.3 is 9.15 Å². The van der Waals surface area contributed by atoms with Crippen molar-refractivity contribution in [3.8, 4) is 0 Å². The molecule has 0 atom stereocenters. The maximum atomic E-state index is 12.2. The van der Waals surface area contributed by atoms with Crippen molar-refractivity contribution in [3.63, 3.8) is 0 Å². The Morgan fingerprint density at radius 2 is 1.76 bits per heavy atom. The van der Waals surface area contributed by atoms with E-state index in [1.165, 1.54) is 12.8 Å². The van der Waals surface area contributed by atoms with Gasteiger partial charge in [0, 0.05) is 37.7 Å². The summed E-state index contributed by atoms with van der Waals surface area (Å²) in [6, 6.07) is 3.58. The normalized spacial score (nSPS) is 22.2. The zero-order chi connectivity index (χ0) is 19.6. The minimum atomic E-state index is 0.0170. The molecule has 29 heavy (non-hydrogen) atoms. The highest BCUT2D eigenvalue weighted by Gasteiger charge is 2.27. The average molecular weight is 399 g/mol. The van der Waals surface area contributed by atoms with Crippen LogP contribution in [0.1, 0.15) is 67.8 Å². The van der Waals surface area contributed by atoms with E-state index in [1.54, 1.807) is 10.7 Å². The quantitative estimate of drug-likeness (QED) is 0.737. The van der Waals surface area contributed by atoms with Crippen LogP contribution in [0.3, 0.4) is 0 Å². The molecular formula is C21H29N5O3. The number of hydrogen-bond donors (Lipinski definition) is 0. The summed E-state index contributed by atoms with van der Waals surface area (Å²) in [4.78, 5) is 14.6. The van der Waals surface area contributed by atoms with Crippen LogP contribution < -0.4 is 5.56 Å². The van der Waals surface area contributed by atoms with E-state index in [1.807, 2.05) is 6.07 Å². The summed E-state index contributed by atoms with van der Waals surface area (Å²) in [6.45, 7) is 4.95. The smallest absolute Gasteiger partial charge is 0.266 e. The van der Waals surface area contributed by atoms with Gasteiger partial charge >= 0.3 is 0 Å². The Morgan fingerprint density at radius 3 is 2.52 bits per heavy atom. The lowest BCUT2D eigenvalue weighted by atomic mass is 9.97. The molecule has 0 bridgehead atoms. The molecule has 0 aromatic carbocycles. The van der Waals surface area contributed by atoms with E-state index in [4.69, 9.17) is 9.15 Å². The van der Waals surface area contributed by atoms with Crippen molar-refractivity contribution in [2.45, 2.75) is 63.5 Å². The monoisotopic (exact) mass is 399 g/mol. The fourth-order valence-corrected chi connectivity index (χ4v) is 4.40. The van der Waals surface area contributed by atoms with E-state index < -0.39 is 0 Å². The van der Waals surface area contributed by atoms with Crippen molar-refractivity contribution >= 4 is 0 Å². The second-order valence-electron chi connectivity index (χ2n) is 8.69. The van der Waals surface area contributed by atoms with Gasteiger partial charge in [-0.3, -0.25) is 9.69 Å². The summed E-state index contributed by atoms with van der Waals surface area (Å²) in [7, 11) is 0. The Balaban J connectivity index is 1.13. The van der Waals surface area contributed by atoms with E-state index in [2.05, 4.69) is 20.2 Å². The van der Waals surface area contributed by atoms with E-state index in [0.717, 1.165) is 70.1 Å². The second kappa shape index (κ2) is 8.36. The Bertz CT molecular complexity index is 876. The zero-order valence-corrected chi connectivity index (χ0v) is 16.8. The van der Waals surface area contributed by atoms with Crippen molar-refractivity contribution in [2.75, 3.05) is 26.3 Å². The summed E-state index contributed by atoms with van der Waals surface area (Å²) in [5, 5.41) is 13.1. The summed E-state index contributed by atoms with van der Waals surface area (Å²) < 4.78 is 13.0. The number of piperidine rings is 1. The van der Waals surface area contributed by atoms with Crippen molar-refractivity contribution in [3.05, 3.63) is 40.0 Å². The van der Waals surface area contributed by atoms with Crippen LogP contribution in [0.4, 0.5) is 0 Å². The Kier molecular flexibility index (Phi) is 5.46. The lowest BCUT2D eigenvalue weighted by Gasteiger charge is -2.31. The molecule has 5 rings (SSSR count). The molecule has 2 aliphatic heterocycles. The van der Waals surface area contributed by atoms with Crippen LogP contribution in [0.25, 0.3) is 0 Å². The molecule has 3 fully saturated rings. The van der Waals surface area contributed by atoms with Crippen molar-refractivity contribution in [1.82, 2.24) is 24.9 Å². The molecule has 4 heterocycles. The number of nitrogens with zero attached hydrogens (tertiary/aromatic N) is 5. The fraction of sp³-hybridized carbons (Fsp3) is 0.714. The lowest BCUT2D eigenvalue weighted by molar-refractivity contribution is 0.0785. The van der Waals surface area contributed by atoms with E-state index in [-0.39, 0.29) is 5.56 Å². The standard InChI is InChI=1S/C21H29N5O3/c27-20-4-3-18(16-1-2-16)24-26(20)13-15-5-9-25(10-6-15)14-19-22-23-21(29-19)17-7-11-28-12-8-17/h3-4,15-17H,1-2,5-14H2. The topological polar surface area (TPSA) is 86.3 Å². The van der Waals surface area contributed by atoms with Crippen LogP contribution in [-0.2, 0) is 17.8 Å². The van der Waals surface area contributed by atoms with Gasteiger partial charge in [-0.1, -0.05) is 0 Å². The van der Waals surface area contributed by atoms with Crippen LogP contribution in [0.15, 0.2) is 21.3 Å². The number of ether oxygens (including phenoxy) is 1. The fourth-order valence-electron chi connectivity index (χ4n) is 4.40. The van der Waals surface area contributed by atoms with Crippen LogP contribution in [-0.4, -0.2) is 51.2 Å². The maximum absolute atomic E-state index is 12.2. The van der Waals surface area contributed by atoms with Gasteiger partial charge in [0.2, 0.25) is 11.8 Å². The first-order valence-electron chi connectivity index (χ1n) is 10.9. The average Bonchev–Trinajstić information content (AvgIpc) is 3.50. The molecule has 2 aromatic heterocycles. The van der Waals surface area contributed by atoms with Crippen molar-refractivity contribution in [1.29, 1.82) is 0 Å².